The summed E-state index contributed by atoms with van der Waals surface area (Å²) >= 11 is 6.19. The number of amides is 1. The molecule has 1 aromatic heterocycles. The summed E-state index contributed by atoms with van der Waals surface area (Å²) in [6.07, 6.45) is 15.4. The highest BCUT2D eigenvalue weighted by atomic mass is 35.5. The fraction of sp³-hybridized carbons (Fsp3) is 0.688. The minimum atomic E-state index is 0.0739. The van der Waals surface area contributed by atoms with Crippen LogP contribution < -0.4 is 5.32 Å². The van der Waals surface area contributed by atoms with E-state index in [0.717, 1.165) is 36.4 Å². The van der Waals surface area contributed by atoms with Crippen LogP contribution in [0.4, 0.5) is 0 Å². The summed E-state index contributed by atoms with van der Waals surface area (Å²) in [5, 5.41) is 9.59. The lowest BCUT2D eigenvalue weighted by Crippen LogP contribution is -2.52. The molecule has 4 atom stereocenters. The molecule has 0 saturated heterocycles. The van der Waals surface area contributed by atoms with Crippen LogP contribution >= 0.6 is 11.6 Å². The molecule has 5 heteroatoms. The minimum Gasteiger partial charge on any atom is -0.347 e. The second-order valence-electron chi connectivity index (χ2n) is 13.5. The molecule has 2 aromatic rings. The van der Waals surface area contributed by atoms with Crippen molar-refractivity contribution in [2.45, 2.75) is 122 Å². The topological polar surface area (TPSA) is 46.9 Å². The van der Waals surface area contributed by atoms with Crippen LogP contribution in [-0.2, 0) is 12.8 Å². The molecular weight excluding hydrogens is 478 g/mol. The van der Waals surface area contributed by atoms with Gasteiger partial charge in [0.25, 0.3) is 5.91 Å². The molecule has 1 aromatic carbocycles. The Bertz CT molecular complexity index is 1140. The summed E-state index contributed by atoms with van der Waals surface area (Å²) in [5.41, 5.74) is 5.01. The first-order chi connectivity index (χ1) is 17.8. The van der Waals surface area contributed by atoms with Gasteiger partial charge in [-0.1, -0.05) is 70.2 Å². The molecule has 4 nitrogen and oxygen atoms in total. The zero-order valence-electron chi connectivity index (χ0n) is 23.0. The monoisotopic (exact) mass is 521 g/mol. The van der Waals surface area contributed by atoms with Gasteiger partial charge in [-0.3, -0.25) is 9.48 Å². The van der Waals surface area contributed by atoms with E-state index in [4.69, 9.17) is 16.7 Å². The number of benzene rings is 1. The van der Waals surface area contributed by atoms with Gasteiger partial charge in [0.1, 0.15) is 0 Å². The summed E-state index contributed by atoms with van der Waals surface area (Å²) in [5.74, 6) is 1.18. The Kier molecular flexibility index (Phi) is 6.70. The van der Waals surface area contributed by atoms with Gasteiger partial charge in [-0.05, 0) is 92.2 Å². The number of rotatable bonds is 5. The third kappa shape index (κ3) is 4.56. The number of hydrogen-bond acceptors (Lipinski definition) is 2. The van der Waals surface area contributed by atoms with Crippen LogP contribution in [0.5, 0.6) is 0 Å². The van der Waals surface area contributed by atoms with Crippen molar-refractivity contribution in [3.05, 3.63) is 51.8 Å². The zero-order valence-corrected chi connectivity index (χ0v) is 23.7. The van der Waals surface area contributed by atoms with Gasteiger partial charge in [0.2, 0.25) is 0 Å². The van der Waals surface area contributed by atoms with E-state index >= 15 is 0 Å². The van der Waals surface area contributed by atoms with E-state index < -0.39 is 0 Å². The van der Waals surface area contributed by atoms with Gasteiger partial charge in [0.05, 0.1) is 6.04 Å². The molecule has 3 fully saturated rings. The fourth-order valence-corrected chi connectivity index (χ4v) is 8.87. The van der Waals surface area contributed by atoms with E-state index in [1.54, 1.807) is 0 Å². The third-order valence-electron chi connectivity index (χ3n) is 10.7. The normalized spacial score (nSPS) is 31.2. The highest BCUT2D eigenvalue weighted by molar-refractivity contribution is 6.30. The van der Waals surface area contributed by atoms with Crippen molar-refractivity contribution in [3.8, 4) is 0 Å². The summed E-state index contributed by atoms with van der Waals surface area (Å²) in [4.78, 5) is 14.1. The summed E-state index contributed by atoms with van der Waals surface area (Å²) in [7, 11) is 0. The standard InChI is InChI=1S/C32H44ClN3O/c1-31(2)23-17-18-32(3,20-23)30(31)34-29(37)27-26-12-8-7-9-22(19-21-13-15-24(33)16-14-21)28(26)36(35-27)25-10-5-4-6-11-25/h13-16,22-23,25,30H,4-12,17-20H2,1-3H3,(H,34,37)/t22?,23?,30-,32?/m1/s1. The summed E-state index contributed by atoms with van der Waals surface area (Å²) in [6, 6.07) is 8.98. The Morgan fingerprint density at radius 2 is 1.76 bits per heavy atom. The van der Waals surface area contributed by atoms with Crippen LogP contribution in [0, 0.1) is 16.7 Å². The highest BCUT2D eigenvalue weighted by Gasteiger charge is 2.59. The molecule has 3 saturated carbocycles. The van der Waals surface area contributed by atoms with Crippen molar-refractivity contribution in [2.24, 2.45) is 16.7 Å². The molecule has 3 unspecified atom stereocenters. The third-order valence-corrected chi connectivity index (χ3v) is 11.0. The van der Waals surface area contributed by atoms with Crippen LogP contribution in [0.2, 0.25) is 5.02 Å². The number of fused-ring (bicyclic) bond motifs is 3. The molecule has 4 aliphatic rings. The van der Waals surface area contributed by atoms with Crippen LogP contribution in [0.1, 0.15) is 131 Å². The molecule has 1 amide bonds. The number of aromatic nitrogens is 2. The average molecular weight is 522 g/mol. The fourth-order valence-electron chi connectivity index (χ4n) is 8.74. The maximum Gasteiger partial charge on any atom is 0.272 e. The van der Waals surface area contributed by atoms with E-state index in [-0.39, 0.29) is 22.8 Å². The van der Waals surface area contributed by atoms with Crippen LogP contribution in [0.25, 0.3) is 0 Å². The first-order valence-corrected chi connectivity index (χ1v) is 15.3. The average Bonchev–Trinajstić information content (AvgIpc) is 3.47. The summed E-state index contributed by atoms with van der Waals surface area (Å²) in [6.45, 7) is 7.14. The Labute approximate surface area is 227 Å². The molecule has 4 aliphatic carbocycles. The number of hydrogen-bond donors (Lipinski definition) is 1. The predicted molar refractivity (Wildman–Crippen MR) is 150 cm³/mol. The van der Waals surface area contributed by atoms with Crippen molar-refractivity contribution in [1.29, 1.82) is 0 Å². The number of halogens is 1. The van der Waals surface area contributed by atoms with Gasteiger partial charge >= 0.3 is 0 Å². The Morgan fingerprint density at radius 3 is 2.46 bits per heavy atom. The van der Waals surface area contributed by atoms with Crippen molar-refractivity contribution in [1.82, 2.24) is 15.1 Å². The van der Waals surface area contributed by atoms with Crippen LogP contribution in [-0.4, -0.2) is 21.7 Å². The van der Waals surface area contributed by atoms with E-state index in [9.17, 15) is 4.79 Å². The Morgan fingerprint density at radius 1 is 1.03 bits per heavy atom. The number of nitrogens with one attached hydrogen (secondary N) is 1. The lowest BCUT2D eigenvalue weighted by Gasteiger charge is -2.43. The van der Waals surface area contributed by atoms with Crippen LogP contribution in [0.3, 0.4) is 0 Å². The molecule has 37 heavy (non-hydrogen) atoms. The van der Waals surface area contributed by atoms with Gasteiger partial charge < -0.3 is 5.32 Å². The van der Waals surface area contributed by atoms with Gasteiger partial charge in [-0.2, -0.15) is 5.10 Å². The molecule has 1 heterocycles. The molecule has 0 aliphatic heterocycles. The molecule has 0 spiro atoms. The van der Waals surface area contributed by atoms with Crippen LogP contribution in [0.15, 0.2) is 24.3 Å². The first-order valence-electron chi connectivity index (χ1n) is 14.9. The van der Waals surface area contributed by atoms with Gasteiger partial charge in [-0.25, -0.2) is 0 Å². The smallest absolute Gasteiger partial charge is 0.272 e. The largest absolute Gasteiger partial charge is 0.347 e. The predicted octanol–water partition coefficient (Wildman–Crippen LogP) is 8.04. The zero-order chi connectivity index (χ0) is 25.8. The molecule has 2 bridgehead atoms. The maximum absolute atomic E-state index is 14.1. The first kappa shape index (κ1) is 25.5. The van der Waals surface area contributed by atoms with Crippen molar-refractivity contribution in [3.63, 3.8) is 0 Å². The van der Waals surface area contributed by atoms with Crippen molar-refractivity contribution < 1.29 is 4.79 Å². The Balaban J connectivity index is 1.36. The lowest BCUT2D eigenvalue weighted by atomic mass is 9.68. The van der Waals surface area contributed by atoms with Gasteiger partial charge in [-0.15, -0.1) is 0 Å². The van der Waals surface area contributed by atoms with E-state index in [0.29, 0.717) is 17.9 Å². The quantitative estimate of drug-likeness (QED) is 0.404. The van der Waals surface area contributed by atoms with E-state index in [1.165, 1.54) is 74.6 Å². The second-order valence-corrected chi connectivity index (χ2v) is 14.0. The van der Waals surface area contributed by atoms with Crippen molar-refractivity contribution in [2.75, 3.05) is 0 Å². The second kappa shape index (κ2) is 9.74. The summed E-state index contributed by atoms with van der Waals surface area (Å²) < 4.78 is 2.35. The van der Waals surface area contributed by atoms with Crippen molar-refractivity contribution >= 4 is 17.5 Å². The van der Waals surface area contributed by atoms with Gasteiger partial charge in [0, 0.05) is 28.2 Å². The highest BCUT2D eigenvalue weighted by Crippen LogP contribution is 2.62. The van der Waals surface area contributed by atoms with Gasteiger partial charge in [0.15, 0.2) is 5.69 Å². The van der Waals surface area contributed by atoms with E-state index in [2.05, 4.69) is 42.9 Å². The molecule has 1 N–H and O–H groups in total. The number of carbonyl (C=O) groups is 1. The lowest BCUT2D eigenvalue weighted by molar-refractivity contribution is 0.0731. The minimum absolute atomic E-state index is 0.0739. The molecular formula is C32H44ClN3O. The molecule has 0 radical (unpaired) electrons. The molecule has 200 valence electrons. The SMILES string of the molecule is CC12CCC(C1)C(C)(C)[C@H]2NC(=O)c1nn(C2CCCCC2)c2c1CCCCC2Cc1ccc(Cl)cc1. The molecule has 6 rings (SSSR count). The maximum atomic E-state index is 14.1. The Hall–Kier alpha value is -1.81. The number of nitrogens with zero attached hydrogens (tertiary/aromatic N) is 2. The van der Waals surface area contributed by atoms with E-state index in [1.807, 2.05) is 12.1 Å². The number of carbonyl (C=O) groups excluding carboxylic acids is 1.